The van der Waals surface area contributed by atoms with Gasteiger partial charge in [0.2, 0.25) is 0 Å². The smallest absolute Gasteiger partial charge is 0.152 e. The van der Waals surface area contributed by atoms with Crippen LogP contribution in [0.4, 0.5) is 5.82 Å². The van der Waals surface area contributed by atoms with Crippen LogP contribution in [-0.2, 0) is 12.0 Å². The van der Waals surface area contributed by atoms with E-state index in [4.69, 9.17) is 0 Å². The van der Waals surface area contributed by atoms with Crippen molar-refractivity contribution in [3.63, 3.8) is 0 Å². The number of anilines is 1. The Labute approximate surface area is 117 Å². The molecule has 0 spiro atoms. The molecule has 104 valence electrons. The maximum Gasteiger partial charge on any atom is 0.152 e. The van der Waals surface area contributed by atoms with Gasteiger partial charge in [-0.25, -0.2) is 9.50 Å². The lowest BCUT2D eigenvalue weighted by molar-refractivity contribution is 0.562. The highest BCUT2D eigenvalue weighted by Gasteiger charge is 2.18. The lowest BCUT2D eigenvalue weighted by Gasteiger charge is -2.13. The van der Waals surface area contributed by atoms with Crippen molar-refractivity contribution in [3.8, 4) is 0 Å². The van der Waals surface area contributed by atoms with Gasteiger partial charge >= 0.3 is 0 Å². The molecule has 0 unspecified atom stereocenters. The Bertz CT molecular complexity index is 705. The number of fused-ring (bicyclic) bond motifs is 1. The van der Waals surface area contributed by atoms with E-state index >= 15 is 0 Å². The quantitative estimate of drug-likeness (QED) is 0.766. The first-order valence-corrected chi connectivity index (χ1v) is 6.61. The van der Waals surface area contributed by atoms with Gasteiger partial charge in [-0.1, -0.05) is 20.8 Å². The van der Waals surface area contributed by atoms with Gasteiger partial charge in [-0.3, -0.25) is 5.10 Å². The number of hydrogen-bond acceptors (Lipinski definition) is 4. The molecular weight excluding hydrogens is 252 g/mol. The Morgan fingerprint density at radius 2 is 2.15 bits per heavy atom. The molecule has 0 radical (unpaired) electrons. The highest BCUT2D eigenvalue weighted by molar-refractivity contribution is 5.68. The molecule has 3 rings (SSSR count). The number of aromatic amines is 1. The second-order valence-electron chi connectivity index (χ2n) is 5.82. The van der Waals surface area contributed by atoms with E-state index < -0.39 is 0 Å². The van der Waals surface area contributed by atoms with Gasteiger partial charge in [-0.15, -0.1) is 0 Å². The summed E-state index contributed by atoms with van der Waals surface area (Å²) >= 11 is 0. The van der Waals surface area contributed by atoms with Crippen LogP contribution in [0.3, 0.4) is 0 Å². The summed E-state index contributed by atoms with van der Waals surface area (Å²) < 4.78 is 1.86. The molecule has 6 heteroatoms. The molecule has 20 heavy (non-hydrogen) atoms. The zero-order valence-electron chi connectivity index (χ0n) is 11.9. The molecule has 3 aromatic rings. The van der Waals surface area contributed by atoms with Gasteiger partial charge in [-0.2, -0.15) is 10.2 Å². The van der Waals surface area contributed by atoms with Crippen molar-refractivity contribution >= 4 is 11.3 Å². The molecule has 3 aromatic heterocycles. The van der Waals surface area contributed by atoms with Gasteiger partial charge < -0.3 is 5.32 Å². The molecule has 0 saturated heterocycles. The Morgan fingerprint density at radius 1 is 1.30 bits per heavy atom. The molecule has 0 aliphatic heterocycles. The van der Waals surface area contributed by atoms with Crippen molar-refractivity contribution in [2.75, 3.05) is 5.32 Å². The van der Waals surface area contributed by atoms with Crippen molar-refractivity contribution in [2.45, 2.75) is 32.7 Å². The van der Waals surface area contributed by atoms with Gasteiger partial charge in [0.15, 0.2) is 5.82 Å². The summed E-state index contributed by atoms with van der Waals surface area (Å²) in [7, 11) is 0. The highest BCUT2D eigenvalue weighted by atomic mass is 15.2. The van der Waals surface area contributed by atoms with Gasteiger partial charge in [0.1, 0.15) is 5.52 Å². The minimum Gasteiger partial charge on any atom is -0.363 e. The van der Waals surface area contributed by atoms with E-state index in [9.17, 15) is 0 Å². The lowest BCUT2D eigenvalue weighted by Crippen LogP contribution is -2.11. The zero-order valence-corrected chi connectivity index (χ0v) is 11.9. The van der Waals surface area contributed by atoms with E-state index in [0.717, 1.165) is 22.7 Å². The number of aromatic nitrogens is 5. The standard InChI is InChI=1S/C14H18N6/c1-14(2,3)12-8-11-13(15-6-7-20(11)19-12)16-9-10-4-5-17-18-10/h4-8H,9H2,1-3H3,(H,15,16)(H,17,18). The largest absolute Gasteiger partial charge is 0.363 e. The summed E-state index contributed by atoms with van der Waals surface area (Å²) in [5.41, 5.74) is 3.07. The first-order chi connectivity index (χ1) is 9.54. The van der Waals surface area contributed by atoms with E-state index in [1.807, 2.05) is 16.8 Å². The normalized spacial score (nSPS) is 11.9. The van der Waals surface area contributed by atoms with Crippen LogP contribution in [0.25, 0.3) is 5.52 Å². The number of nitrogens with zero attached hydrogens (tertiary/aromatic N) is 4. The van der Waals surface area contributed by atoms with Crippen LogP contribution in [0.1, 0.15) is 32.2 Å². The molecule has 0 aliphatic rings. The van der Waals surface area contributed by atoms with Crippen LogP contribution in [-0.4, -0.2) is 24.8 Å². The number of nitrogens with one attached hydrogen (secondary N) is 2. The average Bonchev–Trinajstić information content (AvgIpc) is 3.04. The summed E-state index contributed by atoms with van der Waals surface area (Å²) in [5, 5.41) is 14.8. The van der Waals surface area contributed by atoms with Crippen LogP contribution < -0.4 is 5.32 Å². The van der Waals surface area contributed by atoms with E-state index in [1.54, 1.807) is 12.4 Å². The Hall–Kier alpha value is -2.37. The predicted octanol–water partition coefficient (Wildman–Crippen LogP) is 2.36. The van der Waals surface area contributed by atoms with Gasteiger partial charge in [0, 0.05) is 24.0 Å². The SMILES string of the molecule is CC(C)(C)c1cc2c(NCc3ccn[nH]3)nccn2n1. The second-order valence-corrected chi connectivity index (χ2v) is 5.82. The molecule has 3 heterocycles. The van der Waals surface area contributed by atoms with Gasteiger partial charge in [-0.05, 0) is 12.1 Å². The summed E-state index contributed by atoms with van der Waals surface area (Å²) in [4.78, 5) is 4.40. The van der Waals surface area contributed by atoms with Crippen LogP contribution in [0.5, 0.6) is 0 Å². The molecule has 0 bridgehead atoms. The lowest BCUT2D eigenvalue weighted by atomic mass is 9.92. The number of H-pyrrole nitrogens is 1. The zero-order chi connectivity index (χ0) is 14.2. The fraction of sp³-hybridized carbons (Fsp3) is 0.357. The van der Waals surface area contributed by atoms with Crippen molar-refractivity contribution in [3.05, 3.63) is 42.1 Å². The van der Waals surface area contributed by atoms with Crippen LogP contribution >= 0.6 is 0 Å². The fourth-order valence-corrected chi connectivity index (χ4v) is 1.99. The average molecular weight is 270 g/mol. The van der Waals surface area contributed by atoms with Crippen molar-refractivity contribution in [1.82, 2.24) is 24.8 Å². The summed E-state index contributed by atoms with van der Waals surface area (Å²) in [5.74, 6) is 0.824. The Balaban J connectivity index is 1.92. The molecule has 0 atom stereocenters. The third-order valence-corrected chi connectivity index (χ3v) is 3.16. The molecule has 6 nitrogen and oxygen atoms in total. The maximum atomic E-state index is 4.61. The van der Waals surface area contributed by atoms with Crippen LogP contribution in [0.15, 0.2) is 30.7 Å². The van der Waals surface area contributed by atoms with E-state index in [-0.39, 0.29) is 5.41 Å². The van der Waals surface area contributed by atoms with Crippen LogP contribution in [0, 0.1) is 0 Å². The second kappa shape index (κ2) is 4.63. The number of rotatable bonds is 3. The number of hydrogen-bond donors (Lipinski definition) is 2. The fourth-order valence-electron chi connectivity index (χ4n) is 1.99. The first kappa shape index (κ1) is 12.7. The molecule has 0 aliphatic carbocycles. The van der Waals surface area contributed by atoms with Crippen LogP contribution in [0.2, 0.25) is 0 Å². The Morgan fingerprint density at radius 3 is 2.85 bits per heavy atom. The monoisotopic (exact) mass is 270 g/mol. The minimum atomic E-state index is 0.0205. The van der Waals surface area contributed by atoms with Gasteiger partial charge in [0.25, 0.3) is 0 Å². The summed E-state index contributed by atoms with van der Waals surface area (Å²) in [6.45, 7) is 7.11. The first-order valence-electron chi connectivity index (χ1n) is 6.61. The maximum absolute atomic E-state index is 4.61. The molecule has 0 fully saturated rings. The van der Waals surface area contributed by atoms with E-state index in [2.05, 4.69) is 52.4 Å². The third kappa shape index (κ3) is 2.36. The van der Waals surface area contributed by atoms with Crippen molar-refractivity contribution in [2.24, 2.45) is 0 Å². The highest BCUT2D eigenvalue weighted by Crippen LogP contribution is 2.24. The van der Waals surface area contributed by atoms with E-state index in [1.165, 1.54) is 0 Å². The summed E-state index contributed by atoms with van der Waals surface area (Å²) in [6.07, 6.45) is 5.36. The predicted molar refractivity (Wildman–Crippen MR) is 77.6 cm³/mol. The molecule has 0 aromatic carbocycles. The Kier molecular flexibility index (Phi) is 2.93. The molecule has 2 N–H and O–H groups in total. The van der Waals surface area contributed by atoms with Gasteiger partial charge in [0.05, 0.1) is 17.9 Å². The molecule has 0 saturated carbocycles. The topological polar surface area (TPSA) is 70.9 Å². The van der Waals surface area contributed by atoms with Crippen molar-refractivity contribution < 1.29 is 0 Å². The summed E-state index contributed by atoms with van der Waals surface area (Å²) in [6, 6.07) is 4.02. The van der Waals surface area contributed by atoms with Crippen molar-refractivity contribution in [1.29, 1.82) is 0 Å². The minimum absolute atomic E-state index is 0.0205. The third-order valence-electron chi connectivity index (χ3n) is 3.16. The molecular formula is C14H18N6. The van der Waals surface area contributed by atoms with E-state index in [0.29, 0.717) is 6.54 Å². The molecule has 0 amide bonds.